The number of rotatable bonds is 8. The van der Waals surface area contributed by atoms with Crippen LogP contribution in [0.3, 0.4) is 0 Å². The molecule has 1 saturated heterocycles. The lowest BCUT2D eigenvalue weighted by Gasteiger charge is -2.16. The van der Waals surface area contributed by atoms with Gasteiger partial charge in [0, 0.05) is 19.3 Å². The molecule has 5 rings (SSSR count). The molecule has 2 N–H and O–H groups in total. The van der Waals surface area contributed by atoms with Crippen molar-refractivity contribution in [2.75, 3.05) is 25.4 Å². The highest BCUT2D eigenvalue weighted by molar-refractivity contribution is 7.99. The minimum absolute atomic E-state index is 0. The quantitative estimate of drug-likeness (QED) is 0.302. The number of amides is 1. The summed E-state index contributed by atoms with van der Waals surface area (Å²) in [7, 11) is 1.88. The van der Waals surface area contributed by atoms with Gasteiger partial charge >= 0.3 is 6.18 Å². The van der Waals surface area contributed by atoms with E-state index in [0.717, 1.165) is 60.9 Å². The third-order valence-corrected chi connectivity index (χ3v) is 8.65. The van der Waals surface area contributed by atoms with Crippen molar-refractivity contribution in [3.63, 3.8) is 0 Å². The predicted octanol–water partition coefficient (Wildman–Crippen LogP) is 5.09. The van der Waals surface area contributed by atoms with Crippen LogP contribution in [0.5, 0.6) is 0 Å². The van der Waals surface area contributed by atoms with Crippen molar-refractivity contribution in [1.82, 2.24) is 24.6 Å². The Morgan fingerprint density at radius 3 is 2.61 bits per heavy atom. The van der Waals surface area contributed by atoms with Gasteiger partial charge in [-0.05, 0) is 79.9 Å². The maximum atomic E-state index is 12.9. The molecule has 7 nitrogen and oxygen atoms in total. The first-order valence-electron chi connectivity index (χ1n) is 12.3. The third-order valence-electron chi connectivity index (χ3n) is 7.54. The van der Waals surface area contributed by atoms with Crippen LogP contribution < -0.4 is 5.73 Å². The van der Waals surface area contributed by atoms with Crippen LogP contribution >= 0.6 is 24.2 Å². The first-order valence-corrected chi connectivity index (χ1v) is 13.3. The van der Waals surface area contributed by atoms with Crippen molar-refractivity contribution in [1.29, 1.82) is 0 Å². The van der Waals surface area contributed by atoms with E-state index in [4.69, 9.17) is 5.73 Å². The Kier molecular flexibility index (Phi) is 8.11. The van der Waals surface area contributed by atoms with Gasteiger partial charge in [0.15, 0.2) is 11.0 Å². The van der Waals surface area contributed by atoms with Crippen molar-refractivity contribution >= 4 is 30.1 Å². The van der Waals surface area contributed by atoms with Crippen LogP contribution in [-0.4, -0.2) is 55.9 Å². The number of aryl methyl sites for hydroxylation is 1. The molecule has 2 fully saturated rings. The Balaban J connectivity index is 0.00000336. The van der Waals surface area contributed by atoms with E-state index in [2.05, 4.69) is 20.1 Å². The Hall–Kier alpha value is -2.63. The van der Waals surface area contributed by atoms with Crippen LogP contribution in [0.1, 0.15) is 52.4 Å². The smallest absolute Gasteiger partial charge is 0.364 e. The summed E-state index contributed by atoms with van der Waals surface area (Å²) in [5.41, 5.74) is 7.70. The summed E-state index contributed by atoms with van der Waals surface area (Å²) in [6, 6.07) is 9.11. The second kappa shape index (κ2) is 10.9. The van der Waals surface area contributed by atoms with Crippen LogP contribution in [0.25, 0.3) is 11.5 Å². The number of likely N-dealkylation sites (tertiary alicyclic amines) is 1. The number of aromatic nitrogens is 4. The number of pyridine rings is 1. The van der Waals surface area contributed by atoms with E-state index in [1.54, 1.807) is 36.0 Å². The largest absolute Gasteiger partial charge is 0.416 e. The molecule has 2 aliphatic rings. The summed E-state index contributed by atoms with van der Waals surface area (Å²) in [4.78, 5) is 18.4. The van der Waals surface area contributed by atoms with Crippen molar-refractivity contribution in [3.05, 3.63) is 58.8 Å². The van der Waals surface area contributed by atoms with Crippen LogP contribution in [0.2, 0.25) is 0 Å². The SMILES string of the molecule is Cc1ccc(C(N)=O)nc1-c1nnc(SCCCN2CC[C@]3(C[C@@H]3c3ccc(C(F)(F)F)cc3)C2)n1C.Cl. The number of primary amides is 1. The summed E-state index contributed by atoms with van der Waals surface area (Å²) in [5, 5.41) is 9.38. The fourth-order valence-electron chi connectivity index (χ4n) is 5.34. The molecular weight excluding hydrogens is 537 g/mol. The van der Waals surface area contributed by atoms with Crippen molar-refractivity contribution < 1.29 is 18.0 Å². The number of hydrogen-bond acceptors (Lipinski definition) is 6. The summed E-state index contributed by atoms with van der Waals surface area (Å²) < 4.78 is 40.5. The topological polar surface area (TPSA) is 89.9 Å². The van der Waals surface area contributed by atoms with Crippen LogP contribution in [0.4, 0.5) is 13.2 Å². The molecule has 0 radical (unpaired) electrons. The number of benzene rings is 1. The number of thioether (sulfide) groups is 1. The van der Waals surface area contributed by atoms with Crippen LogP contribution in [-0.2, 0) is 13.2 Å². The Bertz CT molecular complexity index is 1320. The summed E-state index contributed by atoms with van der Waals surface area (Å²) in [6.07, 6.45) is -1.16. The maximum absolute atomic E-state index is 12.9. The predicted molar refractivity (Wildman–Crippen MR) is 142 cm³/mol. The Morgan fingerprint density at radius 1 is 1.18 bits per heavy atom. The maximum Gasteiger partial charge on any atom is 0.416 e. The van der Waals surface area contributed by atoms with Gasteiger partial charge in [0.25, 0.3) is 5.91 Å². The average Bonchev–Trinajstić information content (AvgIpc) is 3.21. The first kappa shape index (κ1) is 28.4. The van der Waals surface area contributed by atoms with Crippen molar-refractivity contribution in [3.8, 4) is 11.5 Å². The molecule has 204 valence electrons. The number of halogens is 4. The molecular formula is C26H30ClF3N6OS. The van der Waals surface area contributed by atoms with Gasteiger partial charge in [-0.25, -0.2) is 4.98 Å². The summed E-state index contributed by atoms with van der Waals surface area (Å²) >= 11 is 1.63. The van der Waals surface area contributed by atoms with E-state index in [9.17, 15) is 18.0 Å². The van der Waals surface area contributed by atoms with Crippen LogP contribution in [0.15, 0.2) is 41.6 Å². The van der Waals surface area contributed by atoms with E-state index < -0.39 is 17.6 Å². The lowest BCUT2D eigenvalue weighted by Crippen LogP contribution is -2.23. The normalized spacial score (nSPS) is 21.0. The second-order valence-electron chi connectivity index (χ2n) is 10.1. The van der Waals surface area contributed by atoms with Crippen molar-refractivity contribution in [2.24, 2.45) is 18.2 Å². The molecule has 1 aliphatic carbocycles. The minimum Gasteiger partial charge on any atom is -0.364 e. The molecule has 12 heteroatoms. The molecule has 1 spiro atoms. The monoisotopic (exact) mass is 566 g/mol. The highest BCUT2D eigenvalue weighted by Gasteiger charge is 2.57. The molecule has 1 aromatic carbocycles. The summed E-state index contributed by atoms with van der Waals surface area (Å²) in [5.74, 6) is 1.24. The highest BCUT2D eigenvalue weighted by atomic mass is 35.5. The Labute approximate surface area is 229 Å². The second-order valence-corrected chi connectivity index (χ2v) is 11.1. The number of alkyl halides is 3. The first-order chi connectivity index (χ1) is 17.6. The molecule has 38 heavy (non-hydrogen) atoms. The van der Waals surface area contributed by atoms with Crippen LogP contribution in [0, 0.1) is 12.3 Å². The van der Waals surface area contributed by atoms with Gasteiger partial charge in [-0.15, -0.1) is 22.6 Å². The molecule has 0 bridgehead atoms. The van der Waals surface area contributed by atoms with Gasteiger partial charge in [0.1, 0.15) is 11.4 Å². The number of carbonyl (C=O) groups is 1. The zero-order valence-electron chi connectivity index (χ0n) is 21.2. The van der Waals surface area contributed by atoms with Gasteiger partial charge in [-0.2, -0.15) is 13.2 Å². The standard InChI is InChI=1S/C26H29F3N6OS.ClH/c1-16-4-9-20(22(30)36)31-21(16)23-32-33-24(34(23)2)37-13-3-11-35-12-10-25(15-35)14-19(25)17-5-7-18(8-6-17)26(27,28)29;/h4-9,19H,3,10-15H2,1-2H3,(H2,30,36);1H/t19-,25+;/m1./s1. The lowest BCUT2D eigenvalue weighted by molar-refractivity contribution is -0.137. The molecule has 3 heterocycles. The average molecular weight is 567 g/mol. The van der Waals surface area contributed by atoms with Gasteiger partial charge in [-0.3, -0.25) is 4.79 Å². The molecule has 0 unspecified atom stereocenters. The third kappa shape index (κ3) is 5.69. The number of carbonyl (C=O) groups excluding carboxylic acids is 1. The van der Waals surface area contributed by atoms with E-state index in [-0.39, 0.29) is 23.5 Å². The van der Waals surface area contributed by atoms with Gasteiger partial charge in [0.2, 0.25) is 0 Å². The highest BCUT2D eigenvalue weighted by Crippen LogP contribution is 2.64. The zero-order valence-corrected chi connectivity index (χ0v) is 22.8. The molecule has 1 aliphatic heterocycles. The van der Waals surface area contributed by atoms with E-state index in [1.807, 2.05) is 18.5 Å². The van der Waals surface area contributed by atoms with Gasteiger partial charge < -0.3 is 15.2 Å². The van der Waals surface area contributed by atoms with E-state index in [1.165, 1.54) is 12.1 Å². The number of nitrogens with zero attached hydrogens (tertiary/aromatic N) is 5. The fraction of sp³-hybridized carbons (Fsp3) is 0.462. The van der Waals surface area contributed by atoms with Gasteiger partial charge in [-0.1, -0.05) is 30.0 Å². The van der Waals surface area contributed by atoms with Crippen molar-refractivity contribution in [2.45, 2.75) is 43.4 Å². The fourth-order valence-corrected chi connectivity index (χ4v) is 6.17. The number of nitrogens with two attached hydrogens (primary N) is 1. The Morgan fingerprint density at radius 2 is 1.92 bits per heavy atom. The van der Waals surface area contributed by atoms with Gasteiger partial charge in [0.05, 0.1) is 5.56 Å². The molecule has 2 atom stereocenters. The summed E-state index contributed by atoms with van der Waals surface area (Å²) in [6.45, 7) is 4.90. The molecule has 2 aromatic heterocycles. The number of hydrogen-bond donors (Lipinski definition) is 1. The molecule has 1 amide bonds. The molecule has 3 aromatic rings. The minimum atomic E-state index is -4.29. The van der Waals surface area contributed by atoms with E-state index >= 15 is 0 Å². The lowest BCUT2D eigenvalue weighted by atomic mass is 9.97. The zero-order chi connectivity index (χ0) is 26.4. The van der Waals surface area contributed by atoms with E-state index in [0.29, 0.717) is 17.4 Å². The molecule has 1 saturated carbocycles.